The maximum atomic E-state index is 2.62. The van der Waals surface area contributed by atoms with Crippen LogP contribution in [0.15, 0.2) is 0 Å². The van der Waals surface area contributed by atoms with Crippen molar-refractivity contribution in [3.05, 3.63) is 0 Å². The first kappa shape index (κ1) is 11.0. The van der Waals surface area contributed by atoms with Crippen molar-refractivity contribution >= 4 is 0 Å². The fourth-order valence-corrected chi connectivity index (χ4v) is 1.88. The van der Waals surface area contributed by atoms with Crippen molar-refractivity contribution in [3.8, 4) is 0 Å². The number of nitrogens with zero attached hydrogens (tertiary/aromatic N) is 2. The smallest absolute Gasteiger partial charge is 0.0109 e. The molecule has 1 heterocycles. The molecule has 0 bridgehead atoms. The fraction of sp³-hybridized carbons (Fsp3) is 1.00. The van der Waals surface area contributed by atoms with Crippen LogP contribution in [-0.2, 0) is 0 Å². The van der Waals surface area contributed by atoms with Gasteiger partial charge in [-0.2, -0.15) is 0 Å². The summed E-state index contributed by atoms with van der Waals surface area (Å²) in [6.45, 7) is 5.12. The van der Waals surface area contributed by atoms with Crippen molar-refractivity contribution in [2.45, 2.75) is 32.1 Å². The minimum Gasteiger partial charge on any atom is -0.308 e. The molecule has 1 rings (SSSR count). The molecule has 13 heavy (non-hydrogen) atoms. The van der Waals surface area contributed by atoms with Gasteiger partial charge in [-0.25, -0.2) is 0 Å². The van der Waals surface area contributed by atoms with E-state index in [0.717, 1.165) is 0 Å². The molecule has 0 aliphatic carbocycles. The summed E-state index contributed by atoms with van der Waals surface area (Å²) in [5.74, 6) is 0. The molecule has 0 aromatic heterocycles. The van der Waals surface area contributed by atoms with Gasteiger partial charge < -0.3 is 9.80 Å². The highest BCUT2D eigenvalue weighted by Gasteiger charge is 2.07. The Labute approximate surface area is 82.9 Å². The van der Waals surface area contributed by atoms with Gasteiger partial charge in [-0.05, 0) is 40.0 Å². The molecule has 78 valence electrons. The lowest BCUT2D eigenvalue weighted by Gasteiger charge is -2.25. The van der Waals surface area contributed by atoms with Crippen LogP contribution in [0.2, 0.25) is 0 Å². The normalized spacial score (nSPS) is 21.5. The molecule has 0 aromatic rings. The lowest BCUT2D eigenvalue weighted by Crippen LogP contribution is -2.33. The second kappa shape index (κ2) is 6.39. The summed E-state index contributed by atoms with van der Waals surface area (Å²) >= 11 is 0. The van der Waals surface area contributed by atoms with E-state index < -0.39 is 0 Å². The Hall–Kier alpha value is -0.0800. The van der Waals surface area contributed by atoms with E-state index in [2.05, 4.69) is 23.9 Å². The van der Waals surface area contributed by atoms with Gasteiger partial charge in [0.05, 0.1) is 0 Å². The number of hydrogen-bond acceptors (Lipinski definition) is 2. The molecule has 0 amide bonds. The van der Waals surface area contributed by atoms with Crippen LogP contribution in [0.1, 0.15) is 32.1 Å². The Morgan fingerprint density at radius 2 is 1.46 bits per heavy atom. The third-order valence-electron chi connectivity index (χ3n) is 2.81. The summed E-state index contributed by atoms with van der Waals surface area (Å²) in [5.41, 5.74) is 0. The van der Waals surface area contributed by atoms with Gasteiger partial charge in [0.25, 0.3) is 0 Å². The van der Waals surface area contributed by atoms with Crippen LogP contribution in [0.3, 0.4) is 0 Å². The lowest BCUT2D eigenvalue weighted by molar-refractivity contribution is 0.222. The van der Waals surface area contributed by atoms with Crippen LogP contribution < -0.4 is 0 Å². The van der Waals surface area contributed by atoms with E-state index in [0.29, 0.717) is 0 Å². The molecule has 2 heteroatoms. The van der Waals surface area contributed by atoms with Crippen molar-refractivity contribution < 1.29 is 0 Å². The highest BCUT2D eigenvalue weighted by atomic mass is 15.2. The first-order valence-electron chi connectivity index (χ1n) is 5.66. The topological polar surface area (TPSA) is 6.48 Å². The van der Waals surface area contributed by atoms with Crippen LogP contribution in [-0.4, -0.2) is 50.1 Å². The third kappa shape index (κ3) is 5.27. The first-order chi connectivity index (χ1) is 6.29. The average molecular weight is 184 g/mol. The summed E-state index contributed by atoms with van der Waals surface area (Å²) < 4.78 is 0. The van der Waals surface area contributed by atoms with E-state index in [4.69, 9.17) is 0 Å². The van der Waals surface area contributed by atoms with Gasteiger partial charge in [0, 0.05) is 13.1 Å². The Morgan fingerprint density at radius 3 is 2.00 bits per heavy atom. The van der Waals surface area contributed by atoms with Gasteiger partial charge in [0.15, 0.2) is 0 Å². The second-order valence-corrected chi connectivity index (χ2v) is 4.41. The van der Waals surface area contributed by atoms with Crippen molar-refractivity contribution in [3.63, 3.8) is 0 Å². The largest absolute Gasteiger partial charge is 0.308 e. The number of hydrogen-bond donors (Lipinski definition) is 0. The van der Waals surface area contributed by atoms with E-state index in [1.54, 1.807) is 0 Å². The van der Waals surface area contributed by atoms with Crippen molar-refractivity contribution in [2.24, 2.45) is 0 Å². The van der Waals surface area contributed by atoms with Crippen LogP contribution in [0.25, 0.3) is 0 Å². The Balaban J connectivity index is 2.14. The molecule has 0 saturated carbocycles. The summed E-state index contributed by atoms with van der Waals surface area (Å²) in [6.07, 6.45) is 7.17. The zero-order valence-electron chi connectivity index (χ0n) is 9.26. The third-order valence-corrected chi connectivity index (χ3v) is 2.81. The summed E-state index contributed by atoms with van der Waals surface area (Å²) in [4.78, 5) is 4.90. The van der Waals surface area contributed by atoms with Crippen LogP contribution in [0.5, 0.6) is 0 Å². The van der Waals surface area contributed by atoms with Crippen LogP contribution in [0, 0.1) is 0 Å². The van der Waals surface area contributed by atoms with E-state index >= 15 is 0 Å². The van der Waals surface area contributed by atoms with E-state index in [-0.39, 0.29) is 0 Å². The average Bonchev–Trinajstić information content (AvgIpc) is 2.01. The van der Waals surface area contributed by atoms with E-state index in [1.165, 1.54) is 58.3 Å². The molecule has 1 aliphatic rings. The van der Waals surface area contributed by atoms with Crippen molar-refractivity contribution in [1.29, 1.82) is 0 Å². The second-order valence-electron chi connectivity index (χ2n) is 4.41. The molecule has 0 spiro atoms. The molecular formula is C11H24N2. The van der Waals surface area contributed by atoms with Gasteiger partial charge in [0.2, 0.25) is 0 Å². The number of likely N-dealkylation sites (N-methyl/N-ethyl adjacent to an activating group) is 1. The molecule has 1 aliphatic heterocycles. The molecule has 0 atom stereocenters. The zero-order valence-corrected chi connectivity index (χ0v) is 9.26. The van der Waals surface area contributed by atoms with Gasteiger partial charge in [-0.1, -0.05) is 19.3 Å². The Bertz CT molecular complexity index is 115. The maximum absolute atomic E-state index is 2.62. The fourth-order valence-electron chi connectivity index (χ4n) is 1.88. The standard InChI is InChI=1S/C11H24N2/c1-12(2)10-11-13-8-6-4-3-5-7-9-13/h3-11H2,1-2H3. The van der Waals surface area contributed by atoms with Crippen molar-refractivity contribution in [2.75, 3.05) is 40.3 Å². The number of likely N-dealkylation sites (tertiary alicyclic amines) is 1. The van der Waals surface area contributed by atoms with E-state index in [1.807, 2.05) is 0 Å². The molecule has 0 N–H and O–H groups in total. The molecule has 0 aromatic carbocycles. The predicted molar refractivity (Wildman–Crippen MR) is 58.1 cm³/mol. The summed E-state index contributed by atoms with van der Waals surface area (Å²) in [5, 5.41) is 0. The van der Waals surface area contributed by atoms with Crippen LogP contribution >= 0.6 is 0 Å². The molecular weight excluding hydrogens is 160 g/mol. The summed E-state index contributed by atoms with van der Waals surface area (Å²) in [6, 6.07) is 0. The first-order valence-corrected chi connectivity index (χ1v) is 5.66. The van der Waals surface area contributed by atoms with E-state index in [9.17, 15) is 0 Å². The molecule has 2 nitrogen and oxygen atoms in total. The summed E-state index contributed by atoms with van der Waals surface area (Å²) in [7, 11) is 4.31. The quantitative estimate of drug-likeness (QED) is 0.660. The maximum Gasteiger partial charge on any atom is 0.0109 e. The zero-order chi connectivity index (χ0) is 9.52. The minimum atomic E-state index is 1.21. The highest BCUT2D eigenvalue weighted by Crippen LogP contribution is 2.09. The Kier molecular flexibility index (Phi) is 5.40. The molecule has 0 unspecified atom stereocenters. The van der Waals surface area contributed by atoms with Gasteiger partial charge in [-0.3, -0.25) is 0 Å². The minimum absolute atomic E-state index is 1.21. The molecule has 1 fully saturated rings. The highest BCUT2D eigenvalue weighted by molar-refractivity contribution is 4.63. The lowest BCUT2D eigenvalue weighted by atomic mass is 10.1. The predicted octanol–water partition coefficient (Wildman–Crippen LogP) is 1.81. The molecule has 0 radical (unpaired) electrons. The van der Waals surface area contributed by atoms with Gasteiger partial charge in [-0.15, -0.1) is 0 Å². The number of rotatable bonds is 3. The van der Waals surface area contributed by atoms with Crippen molar-refractivity contribution in [1.82, 2.24) is 9.80 Å². The monoisotopic (exact) mass is 184 g/mol. The van der Waals surface area contributed by atoms with Gasteiger partial charge in [0.1, 0.15) is 0 Å². The van der Waals surface area contributed by atoms with Gasteiger partial charge >= 0.3 is 0 Å². The SMILES string of the molecule is CN(C)CCN1CCCCCCC1. The Morgan fingerprint density at radius 1 is 0.923 bits per heavy atom. The molecule has 1 saturated heterocycles. The van der Waals surface area contributed by atoms with Crippen LogP contribution in [0.4, 0.5) is 0 Å².